The summed E-state index contributed by atoms with van der Waals surface area (Å²) >= 11 is 5.85. The Labute approximate surface area is 165 Å². The normalized spacial score (nSPS) is 15.3. The number of likely N-dealkylation sites (tertiary alicyclic amines) is 1. The van der Waals surface area contributed by atoms with Crippen LogP contribution in [0.3, 0.4) is 0 Å². The zero-order valence-electron chi connectivity index (χ0n) is 15.5. The van der Waals surface area contributed by atoms with Crippen LogP contribution >= 0.6 is 11.6 Å². The number of amides is 1. The number of halogens is 1. The van der Waals surface area contributed by atoms with Gasteiger partial charge in [0, 0.05) is 11.6 Å². The largest absolute Gasteiger partial charge is 0.497 e. The molecule has 3 rings (SSSR count). The van der Waals surface area contributed by atoms with E-state index in [0.717, 1.165) is 18.8 Å². The van der Waals surface area contributed by atoms with Crippen molar-refractivity contribution in [3.8, 4) is 11.5 Å². The minimum Gasteiger partial charge on any atom is -0.497 e. The molecule has 0 radical (unpaired) electrons. The van der Waals surface area contributed by atoms with Gasteiger partial charge < -0.3 is 14.8 Å². The van der Waals surface area contributed by atoms with E-state index in [0.29, 0.717) is 17.3 Å². The van der Waals surface area contributed by atoms with Gasteiger partial charge in [0.25, 0.3) is 5.91 Å². The molecule has 6 heteroatoms. The summed E-state index contributed by atoms with van der Waals surface area (Å²) in [7, 11) is 1.66. The first kappa shape index (κ1) is 19.5. The van der Waals surface area contributed by atoms with Crippen LogP contribution in [0.2, 0.25) is 5.02 Å². The van der Waals surface area contributed by atoms with Crippen molar-refractivity contribution in [3.63, 3.8) is 0 Å². The van der Waals surface area contributed by atoms with E-state index in [1.54, 1.807) is 31.4 Å². The summed E-state index contributed by atoms with van der Waals surface area (Å²) in [5.41, 5.74) is 1.18. The molecular formula is C21H25ClN2O3. The molecule has 27 heavy (non-hydrogen) atoms. The molecule has 1 atom stereocenters. The molecule has 1 N–H and O–H groups in total. The number of carbonyl (C=O) groups is 1. The molecule has 0 bridgehead atoms. The van der Waals surface area contributed by atoms with Crippen molar-refractivity contribution >= 4 is 17.5 Å². The minimum absolute atomic E-state index is 0.0169. The highest BCUT2D eigenvalue weighted by molar-refractivity contribution is 6.30. The van der Waals surface area contributed by atoms with Crippen LogP contribution in [-0.2, 0) is 4.79 Å². The molecule has 2 aromatic carbocycles. The summed E-state index contributed by atoms with van der Waals surface area (Å²) in [5.74, 6) is 1.32. The predicted octanol–water partition coefficient (Wildman–Crippen LogP) is 3.68. The molecule has 0 aliphatic carbocycles. The molecule has 0 aromatic heterocycles. The van der Waals surface area contributed by atoms with Crippen LogP contribution in [0.1, 0.15) is 24.4 Å². The van der Waals surface area contributed by atoms with Crippen molar-refractivity contribution in [3.05, 3.63) is 59.1 Å². The molecule has 1 fully saturated rings. The van der Waals surface area contributed by atoms with E-state index in [9.17, 15) is 4.79 Å². The Hall–Kier alpha value is -2.24. The second-order valence-electron chi connectivity index (χ2n) is 6.58. The summed E-state index contributed by atoms with van der Waals surface area (Å²) < 4.78 is 10.8. The monoisotopic (exact) mass is 388 g/mol. The van der Waals surface area contributed by atoms with Gasteiger partial charge in [0.15, 0.2) is 6.61 Å². The Morgan fingerprint density at radius 3 is 2.33 bits per heavy atom. The van der Waals surface area contributed by atoms with Crippen molar-refractivity contribution in [2.75, 3.05) is 33.4 Å². The number of nitrogens with one attached hydrogen (secondary N) is 1. The van der Waals surface area contributed by atoms with E-state index >= 15 is 0 Å². The maximum absolute atomic E-state index is 12.2. The van der Waals surface area contributed by atoms with E-state index < -0.39 is 0 Å². The lowest BCUT2D eigenvalue weighted by Crippen LogP contribution is -2.38. The summed E-state index contributed by atoms with van der Waals surface area (Å²) in [6, 6.07) is 15.2. The van der Waals surface area contributed by atoms with Gasteiger partial charge in [0.1, 0.15) is 11.5 Å². The number of hydrogen-bond acceptors (Lipinski definition) is 4. The van der Waals surface area contributed by atoms with Crippen LogP contribution in [0.25, 0.3) is 0 Å². The van der Waals surface area contributed by atoms with Crippen molar-refractivity contribution in [1.29, 1.82) is 0 Å². The maximum atomic E-state index is 12.2. The average molecular weight is 389 g/mol. The number of methoxy groups -OCH3 is 1. The quantitative estimate of drug-likeness (QED) is 0.749. The first-order valence-electron chi connectivity index (χ1n) is 9.19. The van der Waals surface area contributed by atoms with Crippen LogP contribution in [-0.4, -0.2) is 44.2 Å². The van der Waals surface area contributed by atoms with E-state index in [-0.39, 0.29) is 18.6 Å². The van der Waals surface area contributed by atoms with Gasteiger partial charge >= 0.3 is 0 Å². The van der Waals surface area contributed by atoms with Gasteiger partial charge in [-0.2, -0.15) is 0 Å². The number of carbonyl (C=O) groups excluding carboxylic acids is 1. The molecule has 144 valence electrons. The highest BCUT2D eigenvalue weighted by atomic mass is 35.5. The third kappa shape index (κ3) is 5.62. The van der Waals surface area contributed by atoms with Crippen LogP contribution in [0.15, 0.2) is 48.5 Å². The molecule has 1 aliphatic heterocycles. The Balaban J connectivity index is 1.56. The number of benzene rings is 2. The first-order chi connectivity index (χ1) is 13.2. The topological polar surface area (TPSA) is 50.8 Å². The van der Waals surface area contributed by atoms with E-state index in [1.165, 1.54) is 18.4 Å². The number of ether oxygens (including phenoxy) is 2. The zero-order chi connectivity index (χ0) is 19.1. The van der Waals surface area contributed by atoms with E-state index in [2.05, 4.69) is 22.3 Å². The molecule has 1 unspecified atom stereocenters. The summed E-state index contributed by atoms with van der Waals surface area (Å²) in [6.45, 7) is 2.63. The maximum Gasteiger partial charge on any atom is 0.258 e. The van der Waals surface area contributed by atoms with Crippen LogP contribution in [0.4, 0.5) is 0 Å². The molecular weight excluding hydrogens is 364 g/mol. The second kappa shape index (κ2) is 9.62. The second-order valence-corrected chi connectivity index (χ2v) is 7.02. The highest BCUT2D eigenvalue weighted by Crippen LogP contribution is 2.26. The van der Waals surface area contributed by atoms with E-state index in [1.807, 2.05) is 12.1 Å². The Bertz CT molecular complexity index is 728. The molecule has 1 aliphatic rings. The fourth-order valence-corrected chi connectivity index (χ4v) is 3.40. The van der Waals surface area contributed by atoms with Gasteiger partial charge in [0.2, 0.25) is 0 Å². The van der Waals surface area contributed by atoms with Gasteiger partial charge in [-0.25, -0.2) is 0 Å². The molecule has 1 amide bonds. The van der Waals surface area contributed by atoms with Crippen molar-refractivity contribution in [1.82, 2.24) is 10.2 Å². The van der Waals surface area contributed by atoms with Crippen molar-refractivity contribution in [2.24, 2.45) is 0 Å². The standard InChI is InChI=1S/C21H25ClN2O3/c1-26-18-8-4-16(5-9-18)20(24-12-2-3-13-24)14-23-21(25)15-27-19-10-6-17(22)7-11-19/h4-11,20H,2-3,12-15H2,1H3,(H,23,25). The van der Waals surface area contributed by atoms with E-state index in [4.69, 9.17) is 21.1 Å². The first-order valence-corrected chi connectivity index (χ1v) is 9.56. The smallest absolute Gasteiger partial charge is 0.258 e. The zero-order valence-corrected chi connectivity index (χ0v) is 16.2. The lowest BCUT2D eigenvalue weighted by molar-refractivity contribution is -0.123. The Morgan fingerprint density at radius 1 is 1.07 bits per heavy atom. The van der Waals surface area contributed by atoms with Crippen molar-refractivity contribution < 1.29 is 14.3 Å². The van der Waals surface area contributed by atoms with Gasteiger partial charge in [-0.05, 0) is 67.9 Å². The van der Waals surface area contributed by atoms with Crippen LogP contribution < -0.4 is 14.8 Å². The predicted molar refractivity (Wildman–Crippen MR) is 106 cm³/mol. The summed E-state index contributed by atoms with van der Waals surface area (Å²) in [6.07, 6.45) is 2.39. The molecule has 5 nitrogen and oxygen atoms in total. The summed E-state index contributed by atoms with van der Waals surface area (Å²) in [4.78, 5) is 14.7. The van der Waals surface area contributed by atoms with Crippen molar-refractivity contribution in [2.45, 2.75) is 18.9 Å². The number of hydrogen-bond donors (Lipinski definition) is 1. The third-order valence-corrected chi connectivity index (χ3v) is 5.01. The molecule has 0 spiro atoms. The lowest BCUT2D eigenvalue weighted by Gasteiger charge is -2.28. The molecule has 1 heterocycles. The SMILES string of the molecule is COc1ccc(C(CNC(=O)COc2ccc(Cl)cc2)N2CCCC2)cc1. The fraction of sp³-hybridized carbons (Fsp3) is 0.381. The number of nitrogens with zero attached hydrogens (tertiary/aromatic N) is 1. The Kier molecular flexibility index (Phi) is 6.96. The van der Waals surface area contributed by atoms with Gasteiger partial charge in [-0.3, -0.25) is 9.69 Å². The van der Waals surface area contributed by atoms with Gasteiger partial charge in [-0.15, -0.1) is 0 Å². The molecule has 2 aromatic rings. The Morgan fingerprint density at radius 2 is 1.70 bits per heavy atom. The average Bonchev–Trinajstić information content (AvgIpc) is 3.23. The minimum atomic E-state index is -0.136. The van der Waals surface area contributed by atoms with Crippen LogP contribution in [0, 0.1) is 0 Å². The third-order valence-electron chi connectivity index (χ3n) is 4.76. The van der Waals surface area contributed by atoms with Gasteiger partial charge in [-0.1, -0.05) is 23.7 Å². The number of rotatable bonds is 8. The highest BCUT2D eigenvalue weighted by Gasteiger charge is 2.24. The van der Waals surface area contributed by atoms with Gasteiger partial charge in [0.05, 0.1) is 13.2 Å². The van der Waals surface area contributed by atoms with Crippen LogP contribution in [0.5, 0.6) is 11.5 Å². The molecule has 0 saturated carbocycles. The summed E-state index contributed by atoms with van der Waals surface area (Å²) in [5, 5.41) is 3.64. The molecule has 1 saturated heterocycles. The fourth-order valence-electron chi connectivity index (χ4n) is 3.28. The lowest BCUT2D eigenvalue weighted by atomic mass is 10.1.